The second-order valence-corrected chi connectivity index (χ2v) is 8.51. The Morgan fingerprint density at radius 3 is 2.45 bits per heavy atom. The minimum atomic E-state index is -0.562. The van der Waals surface area contributed by atoms with Crippen LogP contribution in [-0.2, 0) is 4.79 Å². The van der Waals surface area contributed by atoms with Crippen LogP contribution in [0.4, 0.5) is 10.1 Å². The zero-order chi connectivity index (χ0) is 20.5. The van der Waals surface area contributed by atoms with Crippen LogP contribution in [0, 0.1) is 5.82 Å². The summed E-state index contributed by atoms with van der Waals surface area (Å²) in [7, 11) is 0. The van der Waals surface area contributed by atoms with Gasteiger partial charge in [-0.05, 0) is 54.1 Å². The van der Waals surface area contributed by atoms with E-state index in [-0.39, 0.29) is 24.2 Å². The van der Waals surface area contributed by atoms with Crippen molar-refractivity contribution in [3.05, 3.63) is 98.2 Å². The van der Waals surface area contributed by atoms with Crippen molar-refractivity contribution in [1.29, 1.82) is 0 Å². The molecule has 29 heavy (non-hydrogen) atoms. The number of benzene rings is 3. The molecule has 0 aliphatic carbocycles. The third-order valence-corrected chi connectivity index (χ3v) is 5.71. The Balaban J connectivity index is 1.90. The van der Waals surface area contributed by atoms with Crippen LogP contribution in [-0.4, -0.2) is 23.3 Å². The SMILES string of the molecule is O=C1CN(C(=O)c2cccc(Br)c2)[C@@H](c2ccc(F)cc2)c2cc(Br)ccc2N1. The van der Waals surface area contributed by atoms with Crippen molar-refractivity contribution in [2.75, 3.05) is 11.9 Å². The fraction of sp³-hybridized carbons (Fsp3) is 0.0909. The molecule has 0 aromatic heterocycles. The third kappa shape index (κ3) is 4.11. The maximum Gasteiger partial charge on any atom is 0.255 e. The van der Waals surface area contributed by atoms with Gasteiger partial charge >= 0.3 is 0 Å². The number of hydrogen-bond donors (Lipinski definition) is 1. The molecule has 4 rings (SSSR count). The molecule has 4 nitrogen and oxygen atoms in total. The maximum atomic E-state index is 13.6. The summed E-state index contributed by atoms with van der Waals surface area (Å²) in [6.07, 6.45) is 0. The van der Waals surface area contributed by atoms with Gasteiger partial charge in [0.1, 0.15) is 12.4 Å². The lowest BCUT2D eigenvalue weighted by atomic mass is 9.95. The van der Waals surface area contributed by atoms with E-state index in [0.717, 1.165) is 14.5 Å². The number of fused-ring (bicyclic) bond motifs is 1. The Labute approximate surface area is 184 Å². The van der Waals surface area contributed by atoms with E-state index in [2.05, 4.69) is 37.2 Å². The van der Waals surface area contributed by atoms with Crippen molar-refractivity contribution >= 4 is 49.4 Å². The largest absolute Gasteiger partial charge is 0.324 e. The molecule has 7 heteroatoms. The van der Waals surface area contributed by atoms with E-state index < -0.39 is 6.04 Å². The second-order valence-electron chi connectivity index (χ2n) is 6.68. The van der Waals surface area contributed by atoms with E-state index in [1.807, 2.05) is 18.2 Å². The lowest BCUT2D eigenvalue weighted by Crippen LogP contribution is -2.39. The van der Waals surface area contributed by atoms with E-state index in [1.54, 1.807) is 36.4 Å². The van der Waals surface area contributed by atoms with Crippen LogP contribution in [0.25, 0.3) is 0 Å². The molecule has 1 aliphatic heterocycles. The monoisotopic (exact) mass is 516 g/mol. The fourth-order valence-corrected chi connectivity index (χ4v) is 4.24. The lowest BCUT2D eigenvalue weighted by molar-refractivity contribution is -0.117. The minimum Gasteiger partial charge on any atom is -0.324 e. The highest BCUT2D eigenvalue weighted by Gasteiger charge is 2.34. The van der Waals surface area contributed by atoms with Gasteiger partial charge in [0, 0.05) is 25.8 Å². The Bertz CT molecular complexity index is 1100. The van der Waals surface area contributed by atoms with E-state index in [9.17, 15) is 14.0 Å². The summed E-state index contributed by atoms with van der Waals surface area (Å²) in [6, 6.07) is 17.9. The highest BCUT2D eigenvalue weighted by Crippen LogP contribution is 2.38. The van der Waals surface area contributed by atoms with E-state index in [0.29, 0.717) is 16.8 Å². The van der Waals surface area contributed by atoms with Crippen molar-refractivity contribution in [2.45, 2.75) is 6.04 Å². The minimum absolute atomic E-state index is 0.125. The van der Waals surface area contributed by atoms with Gasteiger partial charge in [0.25, 0.3) is 5.91 Å². The van der Waals surface area contributed by atoms with Gasteiger partial charge in [0.2, 0.25) is 5.91 Å². The molecule has 1 atom stereocenters. The Hall–Kier alpha value is -2.51. The van der Waals surface area contributed by atoms with Gasteiger partial charge in [0.05, 0.1) is 6.04 Å². The topological polar surface area (TPSA) is 49.4 Å². The normalized spacial score (nSPS) is 16.0. The Morgan fingerprint density at radius 2 is 1.72 bits per heavy atom. The van der Waals surface area contributed by atoms with E-state index in [1.165, 1.54) is 17.0 Å². The lowest BCUT2D eigenvalue weighted by Gasteiger charge is -2.31. The Morgan fingerprint density at radius 1 is 1.00 bits per heavy atom. The third-order valence-electron chi connectivity index (χ3n) is 4.73. The molecule has 0 saturated heterocycles. The standard InChI is InChI=1S/C22H15Br2FN2O2/c23-15-3-1-2-14(10-15)22(29)27-12-20(28)26-19-9-6-16(24)11-18(19)21(27)13-4-7-17(25)8-5-13/h1-11,21H,12H2,(H,26,28)/t21-/m0/s1. The van der Waals surface area contributed by atoms with Crippen LogP contribution in [0.5, 0.6) is 0 Å². The number of hydrogen-bond acceptors (Lipinski definition) is 2. The van der Waals surface area contributed by atoms with E-state index in [4.69, 9.17) is 0 Å². The van der Waals surface area contributed by atoms with Gasteiger partial charge in [-0.2, -0.15) is 0 Å². The molecule has 0 unspecified atom stereocenters. The smallest absolute Gasteiger partial charge is 0.255 e. The number of amides is 2. The molecule has 146 valence electrons. The van der Waals surface area contributed by atoms with Gasteiger partial charge in [-0.3, -0.25) is 9.59 Å². The first-order valence-electron chi connectivity index (χ1n) is 8.83. The van der Waals surface area contributed by atoms with Crippen LogP contribution in [0.1, 0.15) is 27.5 Å². The first-order valence-corrected chi connectivity index (χ1v) is 10.4. The summed E-state index contributed by atoms with van der Waals surface area (Å²) in [5.74, 6) is -0.943. The molecular formula is C22H15Br2FN2O2. The first-order chi connectivity index (χ1) is 13.9. The summed E-state index contributed by atoms with van der Waals surface area (Å²) in [5, 5.41) is 2.87. The van der Waals surface area contributed by atoms with Crippen LogP contribution >= 0.6 is 31.9 Å². The van der Waals surface area contributed by atoms with Gasteiger partial charge in [-0.15, -0.1) is 0 Å². The second kappa shape index (κ2) is 8.08. The maximum absolute atomic E-state index is 13.6. The van der Waals surface area contributed by atoms with Crippen molar-refractivity contribution in [3.8, 4) is 0 Å². The quantitative estimate of drug-likeness (QED) is 0.485. The summed E-state index contributed by atoms with van der Waals surface area (Å²) in [6.45, 7) is -0.125. The van der Waals surface area contributed by atoms with Gasteiger partial charge in [-0.25, -0.2) is 4.39 Å². The number of anilines is 1. The molecule has 1 N–H and O–H groups in total. The number of rotatable bonds is 2. The molecule has 3 aromatic rings. The molecule has 0 spiro atoms. The summed E-state index contributed by atoms with van der Waals surface area (Å²) in [5.41, 5.74) is 2.54. The van der Waals surface area contributed by atoms with Crippen molar-refractivity contribution in [1.82, 2.24) is 4.90 Å². The fourth-order valence-electron chi connectivity index (χ4n) is 3.46. The Kier molecular flexibility index (Phi) is 5.52. The highest BCUT2D eigenvalue weighted by atomic mass is 79.9. The van der Waals surface area contributed by atoms with Crippen LogP contribution in [0.3, 0.4) is 0 Å². The van der Waals surface area contributed by atoms with E-state index >= 15 is 0 Å². The van der Waals surface area contributed by atoms with Gasteiger partial charge < -0.3 is 10.2 Å². The van der Waals surface area contributed by atoms with Crippen molar-refractivity contribution in [3.63, 3.8) is 0 Å². The molecule has 3 aromatic carbocycles. The number of halogens is 3. The summed E-state index contributed by atoms with van der Waals surface area (Å²) >= 11 is 6.86. The number of nitrogens with one attached hydrogen (secondary N) is 1. The predicted molar refractivity (Wildman–Crippen MR) is 116 cm³/mol. The van der Waals surface area contributed by atoms with Gasteiger partial charge in [0.15, 0.2) is 0 Å². The van der Waals surface area contributed by atoms with Crippen LogP contribution in [0.2, 0.25) is 0 Å². The highest BCUT2D eigenvalue weighted by molar-refractivity contribution is 9.10. The molecule has 2 amide bonds. The zero-order valence-electron chi connectivity index (χ0n) is 15.0. The average Bonchev–Trinajstić information content (AvgIpc) is 2.84. The summed E-state index contributed by atoms with van der Waals surface area (Å²) < 4.78 is 15.1. The van der Waals surface area contributed by atoms with Crippen LogP contribution in [0.15, 0.2) is 75.7 Å². The number of carbonyl (C=O) groups excluding carboxylic acids is 2. The summed E-state index contributed by atoms with van der Waals surface area (Å²) in [4.78, 5) is 27.5. The molecule has 1 aliphatic rings. The van der Waals surface area contributed by atoms with Crippen molar-refractivity contribution in [2.24, 2.45) is 0 Å². The average molecular weight is 518 g/mol. The molecule has 0 fully saturated rings. The van der Waals surface area contributed by atoms with Gasteiger partial charge in [-0.1, -0.05) is 50.1 Å². The predicted octanol–water partition coefficient (Wildman–Crippen LogP) is 5.53. The molecule has 0 saturated carbocycles. The number of carbonyl (C=O) groups is 2. The number of nitrogens with zero attached hydrogens (tertiary/aromatic N) is 1. The first kappa shape index (κ1) is 19.8. The molecule has 0 bridgehead atoms. The zero-order valence-corrected chi connectivity index (χ0v) is 18.2. The molecular weight excluding hydrogens is 503 g/mol. The molecule has 0 radical (unpaired) electrons. The molecule has 1 heterocycles. The van der Waals surface area contributed by atoms with Crippen molar-refractivity contribution < 1.29 is 14.0 Å². The van der Waals surface area contributed by atoms with Crippen LogP contribution < -0.4 is 5.32 Å².